The fourth-order valence-electron chi connectivity index (χ4n) is 2.31. The molecule has 0 atom stereocenters. The molecule has 1 aliphatic carbocycles. The predicted molar refractivity (Wildman–Crippen MR) is 89.2 cm³/mol. The molecule has 0 saturated heterocycles. The molecule has 0 saturated carbocycles. The number of pyridine rings is 1. The molecule has 1 aliphatic heterocycles. The molecule has 0 bridgehead atoms. The maximum atomic E-state index is 12.1. The van der Waals surface area contributed by atoms with Crippen molar-refractivity contribution in [2.45, 2.75) is 6.54 Å². The third-order valence-corrected chi connectivity index (χ3v) is 3.54. The van der Waals surface area contributed by atoms with Crippen LogP contribution in [0.15, 0.2) is 12.1 Å². The highest BCUT2D eigenvalue weighted by Gasteiger charge is 2.20. The van der Waals surface area contributed by atoms with E-state index >= 15 is 0 Å². The van der Waals surface area contributed by atoms with Gasteiger partial charge in [0.2, 0.25) is 5.69 Å². The van der Waals surface area contributed by atoms with Gasteiger partial charge in [-0.3, -0.25) is 10.2 Å². The number of hydrogen-bond donors (Lipinski definition) is 4. The van der Waals surface area contributed by atoms with Crippen molar-refractivity contribution in [2.24, 2.45) is 0 Å². The Morgan fingerprint density at radius 3 is 2.62 bits per heavy atom. The van der Waals surface area contributed by atoms with Gasteiger partial charge in [0, 0.05) is 18.2 Å². The topological polar surface area (TPSA) is 109 Å². The molecule has 130 valence electrons. The highest BCUT2D eigenvalue weighted by atomic mass is 16.5. The van der Waals surface area contributed by atoms with E-state index in [2.05, 4.69) is 32.0 Å². The maximum Gasteiger partial charge on any atom is 0.283 e. The number of aliphatic hydroxyl groups is 2. The van der Waals surface area contributed by atoms with Crippen molar-refractivity contribution >= 4 is 23.8 Å². The number of carbonyl (C=O) groups is 1. The second-order valence-electron chi connectivity index (χ2n) is 6.60. The number of nitrogens with zero attached hydrogens (tertiary/aromatic N) is 2. The molecule has 8 nitrogen and oxygen atoms in total. The van der Waals surface area contributed by atoms with Crippen LogP contribution in [0, 0.1) is 5.21 Å². The average molecular weight is 335 g/mol. The van der Waals surface area contributed by atoms with Gasteiger partial charge in [-0.2, -0.15) is 4.73 Å². The normalized spacial score (nSPS) is 15.5. The Hall–Kier alpha value is -2.42. The first-order valence-corrected chi connectivity index (χ1v) is 7.55. The molecule has 0 radical (unpaired) electrons. The van der Waals surface area contributed by atoms with Crippen LogP contribution in [0.2, 0.25) is 0 Å². The molecule has 1 aromatic heterocycles. The fraction of sp³-hybridized carbons (Fsp3) is 0.375. The summed E-state index contributed by atoms with van der Waals surface area (Å²) in [6.07, 6.45) is 4.19. The first-order chi connectivity index (χ1) is 11.2. The Balaban J connectivity index is 0.000000256. The number of rotatable bonds is 2. The molecule has 0 fully saturated rings. The number of aliphatic hydroxyl groups excluding tert-OH is 2. The van der Waals surface area contributed by atoms with E-state index in [-0.39, 0.29) is 23.6 Å². The summed E-state index contributed by atoms with van der Waals surface area (Å²) < 4.78 is 1.48. The van der Waals surface area contributed by atoms with Gasteiger partial charge in [-0.25, -0.2) is 5.43 Å². The third kappa shape index (κ3) is 4.10. The predicted octanol–water partition coefficient (Wildman–Crippen LogP) is -2.39. The van der Waals surface area contributed by atoms with E-state index in [4.69, 9.17) is 5.11 Å². The third-order valence-electron chi connectivity index (χ3n) is 3.54. The van der Waals surface area contributed by atoms with Gasteiger partial charge in [-0.1, -0.05) is 0 Å². The number of nitrogens with one attached hydrogen (secondary N) is 2. The van der Waals surface area contributed by atoms with Crippen LogP contribution >= 0.6 is 0 Å². The van der Waals surface area contributed by atoms with Crippen molar-refractivity contribution in [1.82, 2.24) is 10.9 Å². The Kier molecular flexibility index (Phi) is 5.23. The molecular weight excluding hydrogens is 312 g/mol. The number of ketones is 1. The lowest BCUT2D eigenvalue weighted by Gasteiger charge is -2.21. The van der Waals surface area contributed by atoms with Gasteiger partial charge in [0.25, 0.3) is 11.2 Å². The number of fused-ring (bicyclic) bond motifs is 2. The number of carbonyl (C=O) groups excluding carboxylic acids is 1. The monoisotopic (exact) mass is 335 g/mol. The number of hydrogen-bond acceptors (Lipinski definition) is 6. The molecule has 2 heterocycles. The molecule has 2 aliphatic rings. The Bertz CT molecular complexity index is 794. The molecule has 0 unspecified atom stereocenters. The molecule has 24 heavy (non-hydrogen) atoms. The molecule has 8 heteroatoms. The molecule has 0 aromatic carbocycles. The minimum atomic E-state index is -0.214. The standard InChI is InChI=1S/C11H9N3O3.C5H14NO/c15-8-1-2-9-6(4-8)3-7-5-12-13-11(16)10(7)14(9)17;1-6(2,3)4-5-7/h1-4,12-13,16H,5H2;7H,4-5H2,1-3H3/q;+1. The van der Waals surface area contributed by atoms with Crippen LogP contribution < -0.4 is 26.1 Å². The lowest BCUT2D eigenvalue weighted by Crippen LogP contribution is -2.59. The van der Waals surface area contributed by atoms with E-state index in [1.54, 1.807) is 6.07 Å². The van der Waals surface area contributed by atoms with Crippen molar-refractivity contribution in [2.75, 3.05) is 34.3 Å². The summed E-state index contributed by atoms with van der Waals surface area (Å²) in [5.74, 6) is -0.359. The summed E-state index contributed by atoms with van der Waals surface area (Å²) >= 11 is 0. The second-order valence-corrected chi connectivity index (χ2v) is 6.60. The summed E-state index contributed by atoms with van der Waals surface area (Å²) in [6, 6.07) is 1.73. The molecular formula is C16H23N4O4+. The van der Waals surface area contributed by atoms with Gasteiger partial charge in [0.15, 0.2) is 5.78 Å². The van der Waals surface area contributed by atoms with Crippen LogP contribution in [0.3, 0.4) is 0 Å². The van der Waals surface area contributed by atoms with Gasteiger partial charge in [-0.15, -0.1) is 0 Å². The van der Waals surface area contributed by atoms with Crippen LogP contribution in [0.1, 0.15) is 11.3 Å². The molecule has 3 rings (SSSR count). The fourth-order valence-corrected chi connectivity index (χ4v) is 2.31. The van der Waals surface area contributed by atoms with Crippen LogP contribution in [0.25, 0.3) is 18.0 Å². The van der Waals surface area contributed by atoms with E-state index in [9.17, 15) is 15.1 Å². The van der Waals surface area contributed by atoms with Crippen LogP contribution in [-0.2, 0) is 11.3 Å². The van der Waals surface area contributed by atoms with Gasteiger partial charge in [-0.05, 0) is 18.2 Å². The van der Waals surface area contributed by atoms with Gasteiger partial charge < -0.3 is 19.9 Å². The second kappa shape index (κ2) is 7.00. The number of likely N-dealkylation sites (N-methyl/N-ethyl adjacent to an activating group) is 1. The summed E-state index contributed by atoms with van der Waals surface area (Å²) in [5, 5.41) is 30.8. The zero-order valence-corrected chi connectivity index (χ0v) is 14.0. The highest BCUT2D eigenvalue weighted by Crippen LogP contribution is 1.99. The van der Waals surface area contributed by atoms with Crippen molar-refractivity contribution < 1.29 is 24.2 Å². The summed E-state index contributed by atoms with van der Waals surface area (Å²) in [4.78, 5) is 11.2. The van der Waals surface area contributed by atoms with Crippen molar-refractivity contribution in [3.63, 3.8) is 0 Å². The Labute approximate surface area is 139 Å². The quantitative estimate of drug-likeness (QED) is 0.273. The van der Waals surface area contributed by atoms with Crippen LogP contribution in [0.4, 0.5) is 0 Å². The maximum absolute atomic E-state index is 12.1. The van der Waals surface area contributed by atoms with E-state index in [1.165, 1.54) is 18.2 Å². The Morgan fingerprint density at radius 2 is 2.04 bits per heavy atom. The molecule has 0 spiro atoms. The number of hydrazine groups is 1. The van der Waals surface area contributed by atoms with E-state index in [1.807, 2.05) is 0 Å². The minimum absolute atomic E-state index is 0.146. The van der Waals surface area contributed by atoms with Gasteiger partial charge in [0.1, 0.15) is 6.54 Å². The Morgan fingerprint density at radius 1 is 1.33 bits per heavy atom. The summed E-state index contributed by atoms with van der Waals surface area (Å²) in [7, 11) is 6.16. The van der Waals surface area contributed by atoms with E-state index in [0.717, 1.165) is 11.0 Å². The zero-order valence-electron chi connectivity index (χ0n) is 14.0. The number of aromatic nitrogens is 1. The first kappa shape index (κ1) is 17.9. The molecule has 0 amide bonds. The smallest absolute Gasteiger partial charge is 0.283 e. The highest BCUT2D eigenvalue weighted by molar-refractivity contribution is 6.16. The number of allylic oxidation sites excluding steroid dienone is 1. The van der Waals surface area contributed by atoms with Crippen molar-refractivity contribution in [1.29, 1.82) is 0 Å². The van der Waals surface area contributed by atoms with Gasteiger partial charge in [0.05, 0.1) is 33.0 Å². The average Bonchev–Trinajstić information content (AvgIpc) is 2.46. The van der Waals surface area contributed by atoms with Crippen LogP contribution in [0.5, 0.6) is 0 Å². The summed E-state index contributed by atoms with van der Waals surface area (Å²) in [5.41, 5.74) is 6.23. The zero-order chi connectivity index (χ0) is 17.9. The van der Waals surface area contributed by atoms with Crippen molar-refractivity contribution in [3.05, 3.63) is 39.2 Å². The van der Waals surface area contributed by atoms with Crippen molar-refractivity contribution in [3.8, 4) is 0 Å². The largest absolute Gasteiger partial charge is 0.618 e. The lowest BCUT2D eigenvalue weighted by molar-refractivity contribution is -0.870. The minimum Gasteiger partial charge on any atom is -0.618 e. The van der Waals surface area contributed by atoms with E-state index in [0.29, 0.717) is 27.8 Å². The summed E-state index contributed by atoms with van der Waals surface area (Å²) in [6.45, 7) is 1.52. The molecule has 4 N–H and O–H groups in total. The SMILES string of the molecule is C[N+](C)(C)CCO.O=C1C=Cc2c(cc3c([n+]2[O-])=C(O)NNC3)=C1. The van der Waals surface area contributed by atoms with E-state index < -0.39 is 0 Å². The number of quaternary nitrogens is 1. The first-order valence-electron chi connectivity index (χ1n) is 7.55. The van der Waals surface area contributed by atoms with Crippen LogP contribution in [-0.4, -0.2) is 54.8 Å². The van der Waals surface area contributed by atoms with Gasteiger partial charge >= 0.3 is 0 Å². The lowest BCUT2D eigenvalue weighted by atomic mass is 10.1. The molecule has 1 aromatic rings.